The molecule has 3 nitrogen and oxygen atoms in total. The maximum atomic E-state index is 11.0. The van der Waals surface area contributed by atoms with E-state index in [0.717, 1.165) is 12.8 Å². The molecule has 0 rings (SSSR count). The number of ether oxygens (including phenoxy) is 1. The number of esters is 1. The predicted molar refractivity (Wildman–Crippen MR) is 83.4 cm³/mol. The molecule has 0 amide bonds. The summed E-state index contributed by atoms with van der Waals surface area (Å²) in [5, 5.41) is 7.07. The number of carbonyl (C=O) groups excluding carboxylic acids is 1. The Labute approximate surface area is 140 Å². The molecule has 0 fully saturated rings. The summed E-state index contributed by atoms with van der Waals surface area (Å²) in [7, 11) is 0. The molecular weight excluding hydrogens is 249 g/mol. The minimum absolute atomic E-state index is 0. The van der Waals surface area contributed by atoms with Crippen molar-refractivity contribution in [2.75, 3.05) is 6.61 Å². The van der Waals surface area contributed by atoms with E-state index in [4.69, 9.17) is 10.1 Å². The van der Waals surface area contributed by atoms with Crippen LogP contribution in [-0.2, 0) is 9.53 Å². The first kappa shape index (κ1) is 21.4. The van der Waals surface area contributed by atoms with Crippen LogP contribution in [0.4, 0.5) is 0 Å². The fourth-order valence-corrected chi connectivity index (χ4v) is 1.86. The summed E-state index contributed by atoms with van der Waals surface area (Å²) in [6, 6.07) is 0. The van der Waals surface area contributed by atoms with E-state index in [2.05, 4.69) is 6.92 Å². The SMILES string of the molecule is CCCCCCCCCCCCOC(=O)C(C)=N.[NaH]. The molecule has 0 aromatic rings. The monoisotopic (exact) mass is 279 g/mol. The Hall–Kier alpha value is 0.140. The number of hydrogen-bond acceptors (Lipinski definition) is 3. The summed E-state index contributed by atoms with van der Waals surface area (Å²) >= 11 is 0. The second-order valence-corrected chi connectivity index (χ2v) is 4.94. The number of rotatable bonds is 12. The average molecular weight is 279 g/mol. The van der Waals surface area contributed by atoms with Crippen molar-refractivity contribution in [1.82, 2.24) is 0 Å². The average Bonchev–Trinajstić information content (AvgIpc) is 2.35. The second-order valence-electron chi connectivity index (χ2n) is 4.94. The number of nitrogens with one attached hydrogen (secondary N) is 1. The van der Waals surface area contributed by atoms with Gasteiger partial charge in [-0.2, -0.15) is 0 Å². The molecule has 108 valence electrons. The van der Waals surface area contributed by atoms with Crippen LogP contribution in [0.5, 0.6) is 0 Å². The van der Waals surface area contributed by atoms with Crippen molar-refractivity contribution >= 4 is 41.2 Å². The van der Waals surface area contributed by atoms with Gasteiger partial charge in [-0.15, -0.1) is 0 Å². The Morgan fingerprint density at radius 1 is 0.895 bits per heavy atom. The van der Waals surface area contributed by atoms with Crippen molar-refractivity contribution < 1.29 is 9.53 Å². The Bertz CT molecular complexity index is 232. The molecule has 1 N–H and O–H groups in total. The van der Waals surface area contributed by atoms with Crippen molar-refractivity contribution in [3.63, 3.8) is 0 Å². The molecule has 0 aliphatic carbocycles. The zero-order chi connectivity index (χ0) is 13.6. The minimum atomic E-state index is -0.481. The summed E-state index contributed by atoms with van der Waals surface area (Å²) in [5.74, 6) is -0.481. The quantitative estimate of drug-likeness (QED) is 0.255. The fraction of sp³-hybridized carbons (Fsp3) is 0.867. The van der Waals surface area contributed by atoms with Crippen LogP contribution in [0.1, 0.15) is 78.1 Å². The van der Waals surface area contributed by atoms with Gasteiger partial charge in [0, 0.05) is 0 Å². The Balaban J connectivity index is 0. The topological polar surface area (TPSA) is 50.2 Å². The van der Waals surface area contributed by atoms with Gasteiger partial charge in [0.1, 0.15) is 5.71 Å². The zero-order valence-corrected chi connectivity index (χ0v) is 12.1. The normalized spacial score (nSPS) is 9.79. The van der Waals surface area contributed by atoms with E-state index in [9.17, 15) is 4.79 Å². The van der Waals surface area contributed by atoms with Crippen LogP contribution in [0.2, 0.25) is 0 Å². The Morgan fingerprint density at radius 3 is 1.74 bits per heavy atom. The van der Waals surface area contributed by atoms with Crippen LogP contribution in [0.15, 0.2) is 0 Å². The van der Waals surface area contributed by atoms with E-state index < -0.39 is 5.97 Å². The first-order chi connectivity index (χ1) is 8.68. The van der Waals surface area contributed by atoms with Crippen LogP contribution < -0.4 is 0 Å². The van der Waals surface area contributed by atoms with Gasteiger partial charge in [-0.3, -0.25) is 5.41 Å². The van der Waals surface area contributed by atoms with Crippen molar-refractivity contribution in [3.8, 4) is 0 Å². The molecular formula is C15H30NNaO2. The molecule has 0 saturated carbocycles. The molecule has 0 aliphatic heterocycles. The number of carbonyl (C=O) groups is 1. The van der Waals surface area contributed by atoms with Crippen LogP contribution in [0.25, 0.3) is 0 Å². The third kappa shape index (κ3) is 16.1. The molecule has 0 bridgehead atoms. The molecule has 0 aromatic carbocycles. The van der Waals surface area contributed by atoms with Gasteiger partial charge < -0.3 is 4.74 Å². The third-order valence-corrected chi connectivity index (χ3v) is 3.04. The van der Waals surface area contributed by atoms with Crippen LogP contribution in [0.3, 0.4) is 0 Å². The van der Waals surface area contributed by atoms with Gasteiger partial charge in [-0.25, -0.2) is 4.79 Å². The molecule has 0 heterocycles. The van der Waals surface area contributed by atoms with Crippen LogP contribution in [0, 0.1) is 5.41 Å². The van der Waals surface area contributed by atoms with Crippen molar-refractivity contribution in [2.45, 2.75) is 78.1 Å². The van der Waals surface area contributed by atoms with Crippen molar-refractivity contribution in [1.29, 1.82) is 5.41 Å². The van der Waals surface area contributed by atoms with Gasteiger partial charge in [0.25, 0.3) is 0 Å². The Morgan fingerprint density at radius 2 is 1.32 bits per heavy atom. The first-order valence-electron chi connectivity index (χ1n) is 7.40. The molecule has 0 spiro atoms. The summed E-state index contributed by atoms with van der Waals surface area (Å²) in [4.78, 5) is 11.0. The molecule has 4 heteroatoms. The van der Waals surface area contributed by atoms with Gasteiger partial charge in [-0.1, -0.05) is 64.7 Å². The van der Waals surface area contributed by atoms with Crippen LogP contribution in [-0.4, -0.2) is 47.8 Å². The van der Waals surface area contributed by atoms with E-state index in [1.54, 1.807) is 0 Å². The van der Waals surface area contributed by atoms with Crippen molar-refractivity contribution in [3.05, 3.63) is 0 Å². The molecule has 0 saturated heterocycles. The zero-order valence-electron chi connectivity index (χ0n) is 12.1. The number of hydrogen-bond donors (Lipinski definition) is 1. The maximum absolute atomic E-state index is 11.0. The summed E-state index contributed by atoms with van der Waals surface area (Å²) in [6.45, 7) is 4.17. The van der Waals surface area contributed by atoms with E-state index in [-0.39, 0.29) is 35.3 Å². The first-order valence-corrected chi connectivity index (χ1v) is 7.40. The third-order valence-electron chi connectivity index (χ3n) is 3.04. The Kier molecular flexibility index (Phi) is 18.3. The molecule has 0 unspecified atom stereocenters. The summed E-state index contributed by atoms with van der Waals surface area (Å²) in [5.41, 5.74) is -0.0120. The second kappa shape index (κ2) is 16.2. The molecule has 0 atom stereocenters. The molecule has 0 aliphatic rings. The summed E-state index contributed by atoms with van der Waals surface area (Å²) < 4.78 is 4.91. The standard InChI is InChI=1S/C15H29NO2.Na.H/c1-3-4-5-6-7-8-9-10-11-12-13-18-15(17)14(2)16;;/h16H,3-13H2,1-2H3;;. The number of unbranched alkanes of at least 4 members (excludes halogenated alkanes) is 9. The van der Waals surface area contributed by atoms with Gasteiger partial charge in [-0.05, 0) is 13.3 Å². The van der Waals surface area contributed by atoms with Gasteiger partial charge >= 0.3 is 35.5 Å². The predicted octanol–water partition coefficient (Wildman–Crippen LogP) is 3.84. The van der Waals surface area contributed by atoms with Gasteiger partial charge in [0.15, 0.2) is 0 Å². The molecule has 0 radical (unpaired) electrons. The summed E-state index contributed by atoms with van der Waals surface area (Å²) in [6.07, 6.45) is 12.7. The van der Waals surface area contributed by atoms with E-state index >= 15 is 0 Å². The van der Waals surface area contributed by atoms with E-state index in [1.165, 1.54) is 58.3 Å². The van der Waals surface area contributed by atoms with Crippen LogP contribution >= 0.6 is 0 Å². The molecule has 19 heavy (non-hydrogen) atoms. The fourth-order valence-electron chi connectivity index (χ4n) is 1.86. The van der Waals surface area contributed by atoms with Gasteiger partial charge in [0.05, 0.1) is 6.61 Å². The van der Waals surface area contributed by atoms with Crippen molar-refractivity contribution in [2.24, 2.45) is 0 Å². The molecule has 0 aromatic heterocycles. The van der Waals surface area contributed by atoms with Gasteiger partial charge in [0.2, 0.25) is 0 Å². The van der Waals surface area contributed by atoms with E-state index in [0.29, 0.717) is 6.61 Å². The van der Waals surface area contributed by atoms with E-state index in [1.807, 2.05) is 0 Å².